The van der Waals surface area contributed by atoms with E-state index in [1.165, 1.54) is 0 Å². The highest BCUT2D eigenvalue weighted by Crippen LogP contribution is 2.22. The van der Waals surface area contributed by atoms with Crippen LogP contribution in [-0.4, -0.2) is 17.3 Å². The van der Waals surface area contributed by atoms with E-state index in [2.05, 4.69) is 12.7 Å². The van der Waals surface area contributed by atoms with E-state index in [9.17, 15) is 5.11 Å². The lowest BCUT2D eigenvalue weighted by Gasteiger charge is -2.28. The summed E-state index contributed by atoms with van der Waals surface area (Å²) in [6.07, 6.45) is 8.17. The van der Waals surface area contributed by atoms with Gasteiger partial charge in [0.25, 0.3) is 0 Å². The third-order valence-corrected chi connectivity index (χ3v) is 2.42. The lowest BCUT2D eigenvalue weighted by atomic mass is 9.84. The second kappa shape index (κ2) is 4.43. The van der Waals surface area contributed by atoms with Crippen LogP contribution in [0.5, 0.6) is 0 Å². The molecule has 2 nitrogen and oxygen atoms in total. The Hall–Kier alpha value is -0.600. The van der Waals surface area contributed by atoms with Crippen LogP contribution in [0.1, 0.15) is 19.3 Å². The standard InChI is InChI=1S/C10H17NO/c1-2-5-10(12)8-6-3-4-7-9(8)11/h2,4,7-10,12H,1,3,5-6,11H2/t8?,9-,10?/m1/s1. The normalized spacial score (nSPS) is 31.5. The van der Waals surface area contributed by atoms with Crippen molar-refractivity contribution in [2.75, 3.05) is 0 Å². The van der Waals surface area contributed by atoms with Gasteiger partial charge >= 0.3 is 0 Å². The molecule has 0 saturated heterocycles. The first-order valence-corrected chi connectivity index (χ1v) is 4.47. The summed E-state index contributed by atoms with van der Waals surface area (Å²) >= 11 is 0. The van der Waals surface area contributed by atoms with Gasteiger partial charge in [0.05, 0.1) is 6.10 Å². The van der Waals surface area contributed by atoms with Gasteiger partial charge in [-0.1, -0.05) is 18.2 Å². The SMILES string of the molecule is C=CCC(O)C1CCC=C[C@H]1N. The average Bonchev–Trinajstić information content (AvgIpc) is 2.05. The Morgan fingerprint density at radius 3 is 3.08 bits per heavy atom. The van der Waals surface area contributed by atoms with E-state index < -0.39 is 0 Å². The van der Waals surface area contributed by atoms with Crippen molar-refractivity contribution in [2.24, 2.45) is 11.7 Å². The minimum absolute atomic E-state index is 0.0219. The number of aliphatic hydroxyl groups is 1. The van der Waals surface area contributed by atoms with Gasteiger partial charge in [0, 0.05) is 12.0 Å². The van der Waals surface area contributed by atoms with Crippen LogP contribution in [0.15, 0.2) is 24.8 Å². The zero-order chi connectivity index (χ0) is 8.97. The van der Waals surface area contributed by atoms with Crippen LogP contribution in [0, 0.1) is 5.92 Å². The molecule has 1 rings (SSSR count). The first-order valence-electron chi connectivity index (χ1n) is 4.47. The molecule has 0 aliphatic heterocycles. The molecule has 12 heavy (non-hydrogen) atoms. The molecule has 68 valence electrons. The predicted octanol–water partition coefficient (Wildman–Crippen LogP) is 1.22. The molecule has 3 atom stereocenters. The molecule has 0 heterocycles. The van der Waals surface area contributed by atoms with Crippen molar-refractivity contribution < 1.29 is 5.11 Å². The molecule has 1 aliphatic carbocycles. The van der Waals surface area contributed by atoms with Crippen molar-refractivity contribution >= 4 is 0 Å². The monoisotopic (exact) mass is 167 g/mol. The van der Waals surface area contributed by atoms with E-state index in [1.807, 2.05) is 6.08 Å². The van der Waals surface area contributed by atoms with E-state index >= 15 is 0 Å². The molecule has 2 unspecified atom stereocenters. The highest BCUT2D eigenvalue weighted by atomic mass is 16.3. The molecule has 0 saturated carbocycles. The molecule has 0 aromatic carbocycles. The fraction of sp³-hybridized carbons (Fsp3) is 0.600. The molecular weight excluding hydrogens is 150 g/mol. The van der Waals surface area contributed by atoms with Crippen LogP contribution in [0.4, 0.5) is 0 Å². The van der Waals surface area contributed by atoms with Gasteiger partial charge in [-0.2, -0.15) is 0 Å². The number of hydrogen-bond acceptors (Lipinski definition) is 2. The number of allylic oxidation sites excluding steroid dienone is 1. The third kappa shape index (κ3) is 2.19. The van der Waals surface area contributed by atoms with Gasteiger partial charge in [0.1, 0.15) is 0 Å². The summed E-state index contributed by atoms with van der Waals surface area (Å²) in [5, 5.41) is 9.66. The summed E-state index contributed by atoms with van der Waals surface area (Å²) in [4.78, 5) is 0. The van der Waals surface area contributed by atoms with E-state index in [1.54, 1.807) is 6.08 Å². The first-order chi connectivity index (χ1) is 5.75. The lowest BCUT2D eigenvalue weighted by molar-refractivity contribution is 0.0959. The Labute approximate surface area is 73.8 Å². The minimum atomic E-state index is -0.317. The zero-order valence-corrected chi connectivity index (χ0v) is 7.32. The minimum Gasteiger partial charge on any atom is -0.392 e. The quantitative estimate of drug-likeness (QED) is 0.621. The van der Waals surface area contributed by atoms with Crippen molar-refractivity contribution in [1.29, 1.82) is 0 Å². The number of hydrogen-bond donors (Lipinski definition) is 2. The molecule has 0 fully saturated rings. The van der Waals surface area contributed by atoms with Gasteiger partial charge in [-0.05, 0) is 19.3 Å². The number of rotatable bonds is 3. The van der Waals surface area contributed by atoms with E-state index in [4.69, 9.17) is 5.73 Å². The van der Waals surface area contributed by atoms with Crippen molar-refractivity contribution in [3.63, 3.8) is 0 Å². The van der Waals surface area contributed by atoms with Gasteiger partial charge in [-0.25, -0.2) is 0 Å². The highest BCUT2D eigenvalue weighted by Gasteiger charge is 2.24. The summed E-state index contributed by atoms with van der Waals surface area (Å²) < 4.78 is 0. The number of nitrogens with two attached hydrogens (primary N) is 1. The van der Waals surface area contributed by atoms with Crippen molar-refractivity contribution in [2.45, 2.75) is 31.4 Å². The summed E-state index contributed by atoms with van der Waals surface area (Å²) in [6, 6.07) is 0.0219. The predicted molar refractivity (Wildman–Crippen MR) is 50.7 cm³/mol. The molecule has 0 aromatic rings. The fourth-order valence-corrected chi connectivity index (χ4v) is 1.67. The Balaban J connectivity index is 2.49. The smallest absolute Gasteiger partial charge is 0.0620 e. The Bertz CT molecular complexity index is 177. The molecular formula is C10H17NO. The third-order valence-electron chi connectivity index (χ3n) is 2.42. The molecule has 0 amide bonds. The molecule has 0 radical (unpaired) electrons. The first kappa shape index (κ1) is 9.49. The summed E-state index contributed by atoms with van der Waals surface area (Å²) in [7, 11) is 0. The summed E-state index contributed by atoms with van der Waals surface area (Å²) in [6.45, 7) is 3.60. The van der Waals surface area contributed by atoms with Gasteiger partial charge in [-0.15, -0.1) is 6.58 Å². The second-order valence-electron chi connectivity index (χ2n) is 3.34. The highest BCUT2D eigenvalue weighted by molar-refractivity contribution is 5.02. The van der Waals surface area contributed by atoms with Gasteiger partial charge in [0.15, 0.2) is 0 Å². The van der Waals surface area contributed by atoms with Gasteiger partial charge in [-0.3, -0.25) is 0 Å². The zero-order valence-electron chi connectivity index (χ0n) is 7.32. The molecule has 0 spiro atoms. The van der Waals surface area contributed by atoms with E-state index in [0.717, 1.165) is 12.8 Å². The maximum atomic E-state index is 9.66. The molecule has 1 aliphatic rings. The van der Waals surface area contributed by atoms with Crippen molar-refractivity contribution in [3.8, 4) is 0 Å². The molecule has 2 heteroatoms. The van der Waals surface area contributed by atoms with E-state index in [-0.39, 0.29) is 18.1 Å². The Morgan fingerprint density at radius 1 is 1.75 bits per heavy atom. The summed E-state index contributed by atoms with van der Waals surface area (Å²) in [5.41, 5.74) is 5.83. The maximum absolute atomic E-state index is 9.66. The van der Waals surface area contributed by atoms with Crippen LogP contribution in [-0.2, 0) is 0 Å². The molecule has 0 aromatic heterocycles. The van der Waals surface area contributed by atoms with Crippen molar-refractivity contribution in [3.05, 3.63) is 24.8 Å². The van der Waals surface area contributed by atoms with Crippen LogP contribution in [0.25, 0.3) is 0 Å². The Morgan fingerprint density at radius 2 is 2.50 bits per heavy atom. The van der Waals surface area contributed by atoms with Crippen LogP contribution < -0.4 is 5.73 Å². The number of aliphatic hydroxyl groups excluding tert-OH is 1. The van der Waals surface area contributed by atoms with Crippen molar-refractivity contribution in [1.82, 2.24) is 0 Å². The average molecular weight is 167 g/mol. The largest absolute Gasteiger partial charge is 0.392 e. The van der Waals surface area contributed by atoms with Crippen LogP contribution >= 0.6 is 0 Å². The van der Waals surface area contributed by atoms with Gasteiger partial charge in [0.2, 0.25) is 0 Å². The molecule has 0 bridgehead atoms. The Kier molecular flexibility index (Phi) is 3.50. The van der Waals surface area contributed by atoms with Gasteiger partial charge < -0.3 is 10.8 Å². The maximum Gasteiger partial charge on any atom is 0.0620 e. The lowest BCUT2D eigenvalue weighted by Crippen LogP contribution is -2.37. The molecule has 3 N–H and O–H groups in total. The van der Waals surface area contributed by atoms with Crippen LogP contribution in [0.2, 0.25) is 0 Å². The van der Waals surface area contributed by atoms with Crippen LogP contribution in [0.3, 0.4) is 0 Å². The second-order valence-corrected chi connectivity index (χ2v) is 3.34. The topological polar surface area (TPSA) is 46.2 Å². The summed E-state index contributed by atoms with van der Waals surface area (Å²) in [5.74, 6) is 0.216. The fourth-order valence-electron chi connectivity index (χ4n) is 1.67. The van der Waals surface area contributed by atoms with E-state index in [0.29, 0.717) is 6.42 Å².